The van der Waals surface area contributed by atoms with E-state index in [-0.39, 0.29) is 51.0 Å². The van der Waals surface area contributed by atoms with Crippen molar-refractivity contribution >= 4 is 21.5 Å². The van der Waals surface area contributed by atoms with Crippen LogP contribution in [0.1, 0.15) is 80.8 Å². The van der Waals surface area contributed by atoms with E-state index in [9.17, 15) is 0 Å². The Morgan fingerprint density at radius 1 is 0.618 bits per heavy atom. The van der Waals surface area contributed by atoms with Crippen molar-refractivity contribution in [1.29, 1.82) is 0 Å². The summed E-state index contributed by atoms with van der Waals surface area (Å²) in [7, 11) is 0. The molecule has 34 heavy (non-hydrogen) atoms. The molecule has 2 saturated carbocycles. The van der Waals surface area contributed by atoms with E-state index in [2.05, 4.69) is 86.6 Å². The minimum Gasteiger partial charge on any atom is -1.00 e. The molecule has 2 aliphatic rings. The van der Waals surface area contributed by atoms with Gasteiger partial charge in [-0.15, -0.1) is 81.2 Å². The SMILES string of the molecule is [CH2-]C[CH2-].[Cl-].[Cl-].[Zr+2].c1ccc2[cH-]c(C3CCCC3)cc2c1.c1ccc2[cH-]c(C3CCCC3)cc2c1. The Morgan fingerprint density at radius 2 is 0.941 bits per heavy atom. The van der Waals surface area contributed by atoms with Crippen LogP contribution in [-0.2, 0) is 26.2 Å². The summed E-state index contributed by atoms with van der Waals surface area (Å²) in [5, 5.41) is 5.65. The van der Waals surface area contributed by atoms with Crippen LogP contribution in [0.2, 0.25) is 0 Å². The molecule has 0 atom stereocenters. The van der Waals surface area contributed by atoms with E-state index >= 15 is 0 Å². The number of hydrogen-bond acceptors (Lipinski definition) is 0. The summed E-state index contributed by atoms with van der Waals surface area (Å²) >= 11 is 0. The maximum atomic E-state index is 3.38. The number of hydrogen-bond donors (Lipinski definition) is 0. The Hall–Kier alpha value is -0.877. The second-order valence-corrected chi connectivity index (χ2v) is 9.15. The summed E-state index contributed by atoms with van der Waals surface area (Å²) in [4.78, 5) is 0. The Morgan fingerprint density at radius 3 is 1.26 bits per heavy atom. The van der Waals surface area contributed by atoms with Gasteiger partial charge in [-0.05, 0) is 37.5 Å². The summed E-state index contributed by atoms with van der Waals surface area (Å²) in [6.45, 7) is 6.75. The third-order valence-corrected chi connectivity index (χ3v) is 6.93. The molecule has 0 bridgehead atoms. The molecule has 3 heteroatoms. The first-order valence-corrected chi connectivity index (χ1v) is 12.2. The van der Waals surface area contributed by atoms with E-state index < -0.39 is 0 Å². The quantitative estimate of drug-likeness (QED) is 0.324. The molecule has 0 saturated heterocycles. The van der Waals surface area contributed by atoms with E-state index in [0.717, 1.165) is 18.3 Å². The number of benzene rings is 2. The van der Waals surface area contributed by atoms with Crippen molar-refractivity contribution in [3.8, 4) is 0 Å². The fourth-order valence-corrected chi connectivity index (χ4v) is 5.34. The maximum Gasteiger partial charge on any atom is 2.00 e. The molecule has 0 spiro atoms. The molecule has 0 radical (unpaired) electrons. The third kappa shape index (κ3) is 8.08. The van der Waals surface area contributed by atoms with Gasteiger partial charge in [-0.3, -0.25) is 0 Å². The van der Waals surface area contributed by atoms with Crippen molar-refractivity contribution in [2.45, 2.75) is 69.6 Å². The van der Waals surface area contributed by atoms with Crippen molar-refractivity contribution in [3.05, 3.63) is 97.8 Å². The second kappa shape index (κ2) is 16.0. The summed E-state index contributed by atoms with van der Waals surface area (Å²) < 4.78 is 0. The standard InChI is InChI=1S/2C14H15.C3H6.2ClH.Zr/c2*1-2-6-11(5-1)14-9-12-7-3-4-8-13(12)10-14;1-3-2;;;/h2*3-4,7-11H,1-2,5-6H2;1-3H2;2*1H;/q2*-1;-2;;;+2/p-2. The van der Waals surface area contributed by atoms with Crippen LogP contribution < -0.4 is 24.8 Å². The van der Waals surface area contributed by atoms with Crippen LogP contribution >= 0.6 is 0 Å². The van der Waals surface area contributed by atoms with Crippen LogP contribution in [-0.4, -0.2) is 0 Å². The molecular formula is C31H36Cl2Zr-4. The third-order valence-electron chi connectivity index (χ3n) is 6.93. The molecule has 182 valence electrons. The maximum absolute atomic E-state index is 3.38. The molecule has 0 heterocycles. The topological polar surface area (TPSA) is 0 Å². The number of halogens is 2. The number of fused-ring (bicyclic) bond motifs is 2. The summed E-state index contributed by atoms with van der Waals surface area (Å²) in [5.41, 5.74) is 3.15. The fraction of sp³-hybridized carbons (Fsp3) is 0.355. The van der Waals surface area contributed by atoms with Gasteiger partial charge in [0, 0.05) is 0 Å². The Bertz CT molecular complexity index is 913. The molecule has 0 unspecified atom stereocenters. The van der Waals surface area contributed by atoms with Crippen LogP contribution in [0.4, 0.5) is 0 Å². The van der Waals surface area contributed by atoms with E-state index in [0.29, 0.717) is 0 Å². The normalized spacial score (nSPS) is 15.4. The van der Waals surface area contributed by atoms with Crippen LogP contribution in [0.3, 0.4) is 0 Å². The zero-order chi connectivity index (χ0) is 21.5. The molecule has 0 aromatic heterocycles. The average molecular weight is 571 g/mol. The summed E-state index contributed by atoms with van der Waals surface area (Å²) in [6, 6.07) is 26.9. The largest absolute Gasteiger partial charge is 2.00 e. The molecule has 6 rings (SSSR count). The molecule has 0 aliphatic heterocycles. The van der Waals surface area contributed by atoms with E-state index in [1.165, 1.54) is 72.9 Å². The average Bonchev–Trinajstić information content (AvgIpc) is 3.60. The van der Waals surface area contributed by atoms with E-state index in [4.69, 9.17) is 0 Å². The zero-order valence-electron chi connectivity index (χ0n) is 20.1. The first-order valence-electron chi connectivity index (χ1n) is 12.2. The molecule has 0 nitrogen and oxygen atoms in total. The molecular weight excluding hydrogens is 534 g/mol. The Balaban J connectivity index is 0.000000283. The first-order chi connectivity index (χ1) is 15.3. The minimum atomic E-state index is 0. The smallest absolute Gasteiger partial charge is 1.00 e. The first kappa shape index (κ1) is 31.2. The fourth-order valence-electron chi connectivity index (χ4n) is 5.34. The molecule has 0 amide bonds. The van der Waals surface area contributed by atoms with Crippen molar-refractivity contribution in [1.82, 2.24) is 0 Å². The molecule has 4 aromatic rings. The molecule has 2 aliphatic carbocycles. The van der Waals surface area contributed by atoms with Crippen LogP contribution in [0, 0.1) is 13.8 Å². The molecule has 0 N–H and O–H groups in total. The van der Waals surface area contributed by atoms with Gasteiger partial charge >= 0.3 is 26.2 Å². The molecule has 2 fully saturated rings. The van der Waals surface area contributed by atoms with Gasteiger partial charge in [0.25, 0.3) is 0 Å². The summed E-state index contributed by atoms with van der Waals surface area (Å²) in [5.74, 6) is 1.70. The minimum absolute atomic E-state index is 0. The van der Waals surface area contributed by atoms with Gasteiger partial charge < -0.3 is 45.1 Å². The van der Waals surface area contributed by atoms with Crippen LogP contribution in [0.25, 0.3) is 21.5 Å². The Labute approximate surface area is 238 Å². The van der Waals surface area contributed by atoms with Crippen molar-refractivity contribution < 1.29 is 51.0 Å². The van der Waals surface area contributed by atoms with Gasteiger partial charge in [0.2, 0.25) is 0 Å². The summed E-state index contributed by atoms with van der Waals surface area (Å²) in [6.07, 6.45) is 12.0. The van der Waals surface area contributed by atoms with E-state index in [1.807, 2.05) is 0 Å². The van der Waals surface area contributed by atoms with Gasteiger partial charge in [0.1, 0.15) is 0 Å². The van der Waals surface area contributed by atoms with Crippen LogP contribution in [0.5, 0.6) is 0 Å². The van der Waals surface area contributed by atoms with Crippen molar-refractivity contribution in [2.75, 3.05) is 0 Å². The van der Waals surface area contributed by atoms with Gasteiger partial charge in [-0.1, -0.05) is 37.8 Å². The van der Waals surface area contributed by atoms with Gasteiger partial charge in [0.15, 0.2) is 0 Å². The molecule has 4 aromatic carbocycles. The predicted octanol–water partition coefficient (Wildman–Crippen LogP) is 3.48. The van der Waals surface area contributed by atoms with Gasteiger partial charge in [-0.25, -0.2) is 0 Å². The second-order valence-electron chi connectivity index (χ2n) is 9.15. The van der Waals surface area contributed by atoms with Gasteiger partial charge in [-0.2, -0.15) is 12.1 Å². The predicted molar refractivity (Wildman–Crippen MR) is 137 cm³/mol. The van der Waals surface area contributed by atoms with Crippen LogP contribution in [0.15, 0.2) is 72.8 Å². The van der Waals surface area contributed by atoms with E-state index in [1.54, 1.807) is 11.1 Å². The zero-order valence-corrected chi connectivity index (χ0v) is 24.1. The number of rotatable bonds is 2. The Kier molecular flexibility index (Phi) is 14.6. The van der Waals surface area contributed by atoms with Gasteiger partial charge in [0.05, 0.1) is 0 Å². The monoisotopic (exact) mass is 568 g/mol. The van der Waals surface area contributed by atoms with Crippen molar-refractivity contribution in [2.24, 2.45) is 0 Å². The van der Waals surface area contributed by atoms with Crippen molar-refractivity contribution in [3.63, 3.8) is 0 Å².